The highest BCUT2D eigenvalue weighted by Gasteiger charge is 2.24. The molecule has 0 aliphatic carbocycles. The Hall–Kier alpha value is -2.91. The zero-order chi connectivity index (χ0) is 19.9. The van der Waals surface area contributed by atoms with E-state index in [-0.39, 0.29) is 11.9 Å². The summed E-state index contributed by atoms with van der Waals surface area (Å²) in [6.07, 6.45) is 2.66. The van der Waals surface area contributed by atoms with Crippen molar-refractivity contribution in [2.75, 3.05) is 42.5 Å². The maximum Gasteiger partial charge on any atom is 0.241 e. The van der Waals surface area contributed by atoms with Crippen LogP contribution in [0.2, 0.25) is 0 Å². The van der Waals surface area contributed by atoms with E-state index in [0.717, 1.165) is 44.1 Å². The summed E-state index contributed by atoms with van der Waals surface area (Å²) in [6, 6.07) is 15.8. The Morgan fingerprint density at radius 3 is 2.64 bits per heavy atom. The predicted octanol–water partition coefficient (Wildman–Crippen LogP) is 2.91. The number of para-hydroxylation sites is 1. The molecule has 1 saturated heterocycles. The van der Waals surface area contributed by atoms with Crippen molar-refractivity contribution in [3.8, 4) is 6.07 Å². The van der Waals surface area contributed by atoms with Gasteiger partial charge < -0.3 is 9.80 Å². The number of carbonyl (C=O) groups is 1. The summed E-state index contributed by atoms with van der Waals surface area (Å²) < 4.78 is 0. The van der Waals surface area contributed by atoms with Gasteiger partial charge in [-0.2, -0.15) is 5.26 Å². The van der Waals surface area contributed by atoms with Gasteiger partial charge in [-0.15, -0.1) is 0 Å². The van der Waals surface area contributed by atoms with Crippen LogP contribution in [0.1, 0.15) is 25.8 Å². The number of pyridine rings is 1. The number of nitrogens with zero attached hydrogens (tertiary/aromatic N) is 5. The number of nitriles is 1. The van der Waals surface area contributed by atoms with Crippen LogP contribution in [0.25, 0.3) is 0 Å². The summed E-state index contributed by atoms with van der Waals surface area (Å²) in [5.74, 6) is 0.858. The Balaban J connectivity index is 1.66. The van der Waals surface area contributed by atoms with E-state index in [4.69, 9.17) is 0 Å². The van der Waals surface area contributed by atoms with Crippen LogP contribution in [-0.2, 0) is 4.79 Å². The number of carbonyl (C=O) groups excluding carboxylic acids is 1. The largest absolute Gasteiger partial charge is 0.354 e. The monoisotopic (exact) mass is 377 g/mol. The van der Waals surface area contributed by atoms with Crippen molar-refractivity contribution >= 4 is 17.4 Å². The van der Waals surface area contributed by atoms with Crippen LogP contribution in [0.3, 0.4) is 0 Å². The van der Waals surface area contributed by atoms with Crippen molar-refractivity contribution in [3.63, 3.8) is 0 Å². The van der Waals surface area contributed by atoms with Gasteiger partial charge in [0.15, 0.2) is 0 Å². The topological polar surface area (TPSA) is 63.5 Å². The molecule has 1 aliphatic rings. The van der Waals surface area contributed by atoms with Gasteiger partial charge >= 0.3 is 0 Å². The lowest BCUT2D eigenvalue weighted by Gasteiger charge is -2.30. The molecule has 0 bridgehead atoms. The molecule has 6 nitrogen and oxygen atoms in total. The number of rotatable bonds is 5. The van der Waals surface area contributed by atoms with Crippen LogP contribution < -0.4 is 9.80 Å². The van der Waals surface area contributed by atoms with Gasteiger partial charge in [0.25, 0.3) is 0 Å². The van der Waals surface area contributed by atoms with E-state index in [2.05, 4.69) is 20.9 Å². The van der Waals surface area contributed by atoms with Gasteiger partial charge in [-0.05, 0) is 44.5 Å². The highest BCUT2D eigenvalue weighted by molar-refractivity contribution is 5.95. The number of benzene rings is 1. The lowest BCUT2D eigenvalue weighted by atomic mass is 10.2. The molecule has 0 unspecified atom stereocenters. The second kappa shape index (κ2) is 9.34. The van der Waals surface area contributed by atoms with Crippen LogP contribution in [0.5, 0.6) is 0 Å². The maximum atomic E-state index is 13.0. The predicted molar refractivity (Wildman–Crippen MR) is 111 cm³/mol. The van der Waals surface area contributed by atoms with Crippen molar-refractivity contribution < 1.29 is 4.79 Å². The lowest BCUT2D eigenvalue weighted by molar-refractivity contribution is -0.120. The van der Waals surface area contributed by atoms with E-state index in [0.29, 0.717) is 12.1 Å². The highest BCUT2D eigenvalue weighted by atomic mass is 16.2. The fraction of sp³-hybridized carbons (Fsp3) is 0.409. The Morgan fingerprint density at radius 1 is 1.14 bits per heavy atom. The summed E-state index contributed by atoms with van der Waals surface area (Å²) >= 11 is 0. The second-order valence-corrected chi connectivity index (χ2v) is 7.30. The molecule has 0 N–H and O–H groups in total. The maximum absolute atomic E-state index is 13.0. The fourth-order valence-corrected chi connectivity index (χ4v) is 3.66. The third-order valence-corrected chi connectivity index (χ3v) is 4.97. The molecule has 28 heavy (non-hydrogen) atoms. The van der Waals surface area contributed by atoms with E-state index in [1.807, 2.05) is 49.1 Å². The molecule has 1 aliphatic heterocycles. The van der Waals surface area contributed by atoms with Gasteiger partial charge in [-0.25, -0.2) is 4.98 Å². The minimum absolute atomic E-state index is 0.102. The molecule has 0 radical (unpaired) electrons. The highest BCUT2D eigenvalue weighted by Crippen LogP contribution is 2.20. The smallest absolute Gasteiger partial charge is 0.241 e. The average molecular weight is 377 g/mol. The molecular formula is C22H27N5O. The van der Waals surface area contributed by atoms with Crippen molar-refractivity contribution in [3.05, 3.63) is 54.2 Å². The van der Waals surface area contributed by atoms with Crippen molar-refractivity contribution in [1.29, 1.82) is 5.26 Å². The van der Waals surface area contributed by atoms with E-state index >= 15 is 0 Å². The van der Waals surface area contributed by atoms with E-state index in [9.17, 15) is 10.1 Å². The zero-order valence-corrected chi connectivity index (χ0v) is 16.6. The number of anilines is 2. The first-order valence-electron chi connectivity index (χ1n) is 9.79. The van der Waals surface area contributed by atoms with E-state index < -0.39 is 0 Å². The zero-order valence-electron chi connectivity index (χ0n) is 16.6. The molecule has 1 amide bonds. The Labute approximate surface area is 167 Å². The average Bonchev–Trinajstić information content (AvgIpc) is 2.94. The summed E-state index contributed by atoms with van der Waals surface area (Å²) in [5, 5.41) is 9.33. The molecule has 1 aromatic carbocycles. The lowest BCUT2D eigenvalue weighted by Crippen LogP contribution is -2.45. The standard InChI is InChI=1S/C22H27N5O/c1-18(2)27(20-9-4-3-5-10-20)21(28)17-25-12-7-13-26(15-14-25)22-19(16-23)8-6-11-24-22/h3-6,8-11,18H,7,12-15,17H2,1-2H3. The van der Waals surface area contributed by atoms with Crippen LogP contribution in [0.4, 0.5) is 11.5 Å². The van der Waals surface area contributed by atoms with Crippen molar-refractivity contribution in [2.24, 2.45) is 0 Å². The van der Waals surface area contributed by atoms with Gasteiger partial charge in [0.2, 0.25) is 5.91 Å². The number of aromatic nitrogens is 1. The molecule has 0 saturated carbocycles. The minimum Gasteiger partial charge on any atom is -0.354 e. The first-order valence-corrected chi connectivity index (χ1v) is 9.79. The van der Waals surface area contributed by atoms with Gasteiger partial charge in [-0.1, -0.05) is 18.2 Å². The molecule has 2 aromatic rings. The van der Waals surface area contributed by atoms with Gasteiger partial charge in [0.05, 0.1) is 12.1 Å². The molecule has 3 rings (SSSR count). The van der Waals surface area contributed by atoms with Gasteiger partial charge in [0.1, 0.15) is 11.9 Å². The second-order valence-electron chi connectivity index (χ2n) is 7.30. The van der Waals surface area contributed by atoms with Crippen LogP contribution in [0.15, 0.2) is 48.7 Å². The molecule has 2 heterocycles. The molecule has 6 heteroatoms. The minimum atomic E-state index is 0.102. The SMILES string of the molecule is CC(C)N(C(=O)CN1CCCN(c2ncccc2C#N)CC1)c1ccccc1. The van der Waals surface area contributed by atoms with Crippen molar-refractivity contribution in [2.45, 2.75) is 26.3 Å². The Kier molecular flexibility index (Phi) is 6.62. The Bertz CT molecular complexity index is 830. The summed E-state index contributed by atoms with van der Waals surface area (Å²) in [6.45, 7) is 7.70. The quantitative estimate of drug-likeness (QED) is 0.802. The summed E-state index contributed by atoms with van der Waals surface area (Å²) in [4.78, 5) is 23.7. The normalized spacial score (nSPS) is 15.1. The number of hydrogen-bond donors (Lipinski definition) is 0. The first kappa shape index (κ1) is 19.8. The number of amides is 1. The first-order chi connectivity index (χ1) is 13.6. The van der Waals surface area contributed by atoms with Crippen LogP contribution in [-0.4, -0.2) is 54.6 Å². The number of hydrogen-bond acceptors (Lipinski definition) is 5. The van der Waals surface area contributed by atoms with Crippen molar-refractivity contribution in [1.82, 2.24) is 9.88 Å². The van der Waals surface area contributed by atoms with Gasteiger partial charge in [0, 0.05) is 44.1 Å². The van der Waals surface area contributed by atoms with Crippen LogP contribution >= 0.6 is 0 Å². The third-order valence-electron chi connectivity index (χ3n) is 4.97. The molecular weight excluding hydrogens is 350 g/mol. The molecule has 1 fully saturated rings. The molecule has 1 aromatic heterocycles. The molecule has 0 atom stereocenters. The van der Waals surface area contributed by atoms with Gasteiger partial charge in [-0.3, -0.25) is 9.69 Å². The summed E-state index contributed by atoms with van der Waals surface area (Å²) in [5.41, 5.74) is 1.54. The third kappa shape index (κ3) is 4.68. The fourth-order valence-electron chi connectivity index (χ4n) is 3.66. The molecule has 0 spiro atoms. The molecule has 146 valence electrons. The van der Waals surface area contributed by atoms with E-state index in [1.165, 1.54) is 0 Å². The Morgan fingerprint density at radius 2 is 1.93 bits per heavy atom. The van der Waals surface area contributed by atoms with E-state index in [1.54, 1.807) is 18.3 Å². The van der Waals surface area contributed by atoms with Crippen LogP contribution in [0, 0.1) is 11.3 Å². The summed E-state index contributed by atoms with van der Waals surface area (Å²) in [7, 11) is 0.